The summed E-state index contributed by atoms with van der Waals surface area (Å²) in [5.74, 6) is 0.635. The molecule has 0 radical (unpaired) electrons. The van der Waals surface area contributed by atoms with Gasteiger partial charge in [-0.15, -0.1) is 0 Å². The number of hydrogen-bond acceptors (Lipinski definition) is 3. The fourth-order valence-electron chi connectivity index (χ4n) is 2.03. The van der Waals surface area contributed by atoms with Crippen molar-refractivity contribution in [3.05, 3.63) is 76.0 Å². The number of allylic oxidation sites excluding steroid dienone is 1. The van der Waals surface area contributed by atoms with Gasteiger partial charge in [-0.1, -0.05) is 72.3 Å². The number of nitrogens with zero attached hydrogens (tertiary/aromatic N) is 3. The average Bonchev–Trinajstić information content (AvgIpc) is 2.95. The molecule has 0 saturated carbocycles. The summed E-state index contributed by atoms with van der Waals surface area (Å²) in [4.78, 5) is 0. The Balaban J connectivity index is 1.90. The van der Waals surface area contributed by atoms with Crippen LogP contribution in [0, 0.1) is 4.77 Å². The number of benzene rings is 2. The Labute approximate surface area is 143 Å². The van der Waals surface area contributed by atoms with E-state index in [2.05, 4.69) is 15.3 Å². The van der Waals surface area contributed by atoms with E-state index in [4.69, 9.17) is 23.8 Å². The van der Waals surface area contributed by atoms with Gasteiger partial charge in [0, 0.05) is 5.56 Å². The van der Waals surface area contributed by atoms with E-state index < -0.39 is 0 Å². The molecular weight excluding hydrogens is 328 g/mol. The van der Waals surface area contributed by atoms with Crippen LogP contribution in [0.4, 0.5) is 0 Å². The molecule has 23 heavy (non-hydrogen) atoms. The van der Waals surface area contributed by atoms with Crippen LogP contribution in [0.2, 0.25) is 0 Å². The third-order valence-corrected chi connectivity index (χ3v) is 3.55. The molecule has 2 aromatic carbocycles. The van der Waals surface area contributed by atoms with Crippen molar-refractivity contribution < 1.29 is 0 Å². The first-order valence-electron chi connectivity index (χ1n) is 6.93. The highest BCUT2D eigenvalue weighted by molar-refractivity contribution is 7.71. The van der Waals surface area contributed by atoms with Crippen LogP contribution in [-0.2, 0) is 0 Å². The van der Waals surface area contributed by atoms with Gasteiger partial charge in [0.05, 0.1) is 11.2 Å². The van der Waals surface area contributed by atoms with Gasteiger partial charge in [0.2, 0.25) is 4.77 Å². The Bertz CT molecular complexity index is 895. The third-order valence-electron chi connectivity index (χ3n) is 3.08. The van der Waals surface area contributed by atoms with Crippen molar-refractivity contribution in [1.29, 1.82) is 0 Å². The van der Waals surface area contributed by atoms with Crippen LogP contribution in [0.5, 0.6) is 0 Å². The summed E-state index contributed by atoms with van der Waals surface area (Å²) in [6, 6.07) is 19.5. The number of aromatic nitrogens is 3. The number of halogens is 1. The second-order valence-electron chi connectivity index (χ2n) is 4.71. The minimum absolute atomic E-state index is 0.407. The quantitative estimate of drug-likeness (QED) is 0.551. The predicted octanol–water partition coefficient (Wildman–Crippen LogP) is 4.72. The maximum absolute atomic E-state index is 6.22. The van der Waals surface area contributed by atoms with Gasteiger partial charge in [0.25, 0.3) is 0 Å². The largest absolute Gasteiger partial charge is 0.250 e. The summed E-state index contributed by atoms with van der Waals surface area (Å²) in [6.45, 7) is 0. The van der Waals surface area contributed by atoms with Crippen molar-refractivity contribution in [2.75, 3.05) is 0 Å². The van der Waals surface area contributed by atoms with Crippen LogP contribution in [-0.4, -0.2) is 21.1 Å². The zero-order valence-corrected chi connectivity index (χ0v) is 13.6. The minimum atomic E-state index is 0.407. The van der Waals surface area contributed by atoms with Crippen molar-refractivity contribution in [1.82, 2.24) is 14.9 Å². The summed E-state index contributed by atoms with van der Waals surface area (Å²) in [7, 11) is 0. The maximum Gasteiger partial charge on any atom is 0.216 e. The van der Waals surface area contributed by atoms with Crippen molar-refractivity contribution >= 4 is 36.1 Å². The molecule has 0 aliphatic carbocycles. The molecule has 3 aromatic rings. The smallest absolute Gasteiger partial charge is 0.216 e. The Morgan fingerprint density at radius 1 is 1.09 bits per heavy atom. The van der Waals surface area contributed by atoms with E-state index >= 15 is 0 Å². The molecule has 0 spiro atoms. The van der Waals surface area contributed by atoms with E-state index in [0.29, 0.717) is 15.6 Å². The number of nitrogens with one attached hydrogen (secondary N) is 1. The first kappa shape index (κ1) is 15.4. The van der Waals surface area contributed by atoms with E-state index in [1.165, 1.54) is 0 Å². The first-order chi connectivity index (χ1) is 11.2. The molecule has 0 saturated heterocycles. The molecule has 4 nitrogen and oxygen atoms in total. The van der Waals surface area contributed by atoms with Gasteiger partial charge in [-0.05, 0) is 23.9 Å². The van der Waals surface area contributed by atoms with Gasteiger partial charge in [0.1, 0.15) is 0 Å². The second kappa shape index (κ2) is 7.17. The van der Waals surface area contributed by atoms with E-state index in [1.807, 2.05) is 66.7 Å². The highest BCUT2D eigenvalue weighted by Gasteiger charge is 2.06. The summed E-state index contributed by atoms with van der Waals surface area (Å²) >= 11 is 11.4. The van der Waals surface area contributed by atoms with Gasteiger partial charge in [-0.3, -0.25) is 0 Å². The van der Waals surface area contributed by atoms with Gasteiger partial charge < -0.3 is 0 Å². The van der Waals surface area contributed by atoms with Crippen molar-refractivity contribution in [3.63, 3.8) is 0 Å². The Morgan fingerprint density at radius 3 is 2.43 bits per heavy atom. The lowest BCUT2D eigenvalue weighted by Crippen LogP contribution is -1.94. The Morgan fingerprint density at radius 2 is 1.74 bits per heavy atom. The molecular formula is C17H13ClN4S. The number of hydrogen-bond donors (Lipinski definition) is 1. The second-order valence-corrected chi connectivity index (χ2v) is 5.54. The summed E-state index contributed by atoms with van der Waals surface area (Å²) < 4.78 is 1.95. The number of aromatic amines is 1. The molecule has 0 bridgehead atoms. The standard InChI is InChI=1S/C17H13ClN4S/c18-15(11-13-7-3-1-4-8-13)12-19-22-16(20-21-17(22)23)14-9-5-2-6-10-14/h1-12H,(H,21,23)/b15-11-,19-12+. The van der Waals surface area contributed by atoms with Crippen molar-refractivity contribution in [2.45, 2.75) is 0 Å². The lowest BCUT2D eigenvalue weighted by Gasteiger charge is -2.00. The number of rotatable bonds is 4. The molecule has 3 rings (SSSR count). The van der Waals surface area contributed by atoms with Gasteiger partial charge in [0.15, 0.2) is 5.82 Å². The fourth-order valence-corrected chi connectivity index (χ4v) is 2.38. The first-order valence-corrected chi connectivity index (χ1v) is 7.72. The zero-order chi connectivity index (χ0) is 16.1. The molecule has 6 heteroatoms. The minimum Gasteiger partial charge on any atom is -0.250 e. The summed E-state index contributed by atoms with van der Waals surface area (Å²) in [5.41, 5.74) is 1.92. The zero-order valence-electron chi connectivity index (χ0n) is 12.1. The molecule has 1 heterocycles. The van der Waals surface area contributed by atoms with E-state index in [1.54, 1.807) is 10.9 Å². The SMILES string of the molecule is S=c1[nH]nc(-c2ccccc2)n1/N=C/C(Cl)=C/c1ccccc1. The van der Waals surface area contributed by atoms with E-state index in [-0.39, 0.29) is 0 Å². The van der Waals surface area contributed by atoms with Crippen LogP contribution in [0.1, 0.15) is 5.56 Å². The van der Waals surface area contributed by atoms with Crippen LogP contribution in [0.15, 0.2) is 70.8 Å². The molecule has 0 amide bonds. The van der Waals surface area contributed by atoms with E-state index in [9.17, 15) is 0 Å². The van der Waals surface area contributed by atoms with Gasteiger partial charge in [-0.25, -0.2) is 5.10 Å². The van der Waals surface area contributed by atoms with Crippen molar-refractivity contribution in [2.24, 2.45) is 5.10 Å². The lowest BCUT2D eigenvalue weighted by atomic mass is 10.2. The Hall–Kier alpha value is -2.50. The molecule has 0 aliphatic heterocycles. The average molecular weight is 341 g/mol. The molecule has 114 valence electrons. The molecule has 0 atom stereocenters. The molecule has 1 aromatic heterocycles. The van der Waals surface area contributed by atoms with Crippen LogP contribution < -0.4 is 0 Å². The summed E-state index contributed by atoms with van der Waals surface area (Å²) in [6.07, 6.45) is 3.38. The predicted molar refractivity (Wildman–Crippen MR) is 97.0 cm³/mol. The maximum atomic E-state index is 6.22. The lowest BCUT2D eigenvalue weighted by molar-refractivity contribution is 0.872. The van der Waals surface area contributed by atoms with Crippen LogP contribution in [0.25, 0.3) is 17.5 Å². The molecule has 0 fully saturated rings. The normalized spacial score (nSPS) is 12.0. The van der Waals surface area contributed by atoms with Gasteiger partial charge in [-0.2, -0.15) is 14.9 Å². The van der Waals surface area contributed by atoms with Crippen LogP contribution in [0.3, 0.4) is 0 Å². The van der Waals surface area contributed by atoms with E-state index in [0.717, 1.165) is 11.1 Å². The number of H-pyrrole nitrogens is 1. The molecule has 0 unspecified atom stereocenters. The summed E-state index contributed by atoms with van der Waals surface area (Å²) in [5, 5.41) is 11.8. The topological polar surface area (TPSA) is 46.0 Å². The highest BCUT2D eigenvalue weighted by atomic mass is 35.5. The van der Waals surface area contributed by atoms with Crippen LogP contribution >= 0.6 is 23.8 Å². The third kappa shape index (κ3) is 3.83. The highest BCUT2D eigenvalue weighted by Crippen LogP contribution is 2.16. The monoisotopic (exact) mass is 340 g/mol. The van der Waals surface area contributed by atoms with Gasteiger partial charge >= 0.3 is 0 Å². The molecule has 1 N–H and O–H groups in total. The van der Waals surface area contributed by atoms with Crippen molar-refractivity contribution in [3.8, 4) is 11.4 Å². The molecule has 0 aliphatic rings. The Kier molecular flexibility index (Phi) is 4.80. The fraction of sp³-hybridized carbons (Fsp3) is 0.